The van der Waals surface area contributed by atoms with Gasteiger partial charge in [0.05, 0.1) is 0 Å². The molecule has 0 fully saturated rings. The van der Waals surface area contributed by atoms with E-state index in [4.69, 9.17) is 20.3 Å². The van der Waals surface area contributed by atoms with Gasteiger partial charge in [-0.15, -0.1) is 0 Å². The fourth-order valence-corrected chi connectivity index (χ4v) is 5.12. The lowest BCUT2D eigenvalue weighted by atomic mass is 10.5. The molecule has 0 spiro atoms. The van der Waals surface area contributed by atoms with Gasteiger partial charge in [0.25, 0.3) is 0 Å². The lowest BCUT2D eigenvalue weighted by Gasteiger charge is -2.32. The Labute approximate surface area is 94.6 Å². The molecule has 0 rings (SSSR count). The summed E-state index contributed by atoms with van der Waals surface area (Å²) in [6, 6.07) is 1.81. The summed E-state index contributed by atoms with van der Waals surface area (Å²) in [7, 11) is -2.08. The maximum absolute atomic E-state index is 6.00. The van der Waals surface area contributed by atoms with Crippen LogP contribution in [0.5, 0.6) is 0 Å². The second-order valence-corrected chi connectivity index (χ2v) is 7.29. The minimum atomic E-state index is -2.08. The van der Waals surface area contributed by atoms with Crippen molar-refractivity contribution in [2.75, 3.05) is 19.7 Å². The van der Waals surface area contributed by atoms with Gasteiger partial charge in [0.2, 0.25) is 0 Å². The van der Waals surface area contributed by atoms with Crippen LogP contribution in [0.25, 0.3) is 0 Å². The van der Waals surface area contributed by atoms with Gasteiger partial charge in [-0.2, -0.15) is 0 Å². The first-order chi connectivity index (χ1) is 7.10. The minimum absolute atomic E-state index is 0.201. The first-order valence-corrected chi connectivity index (χ1v) is 8.05. The maximum Gasteiger partial charge on any atom is 0.339 e. The third-order valence-corrected chi connectivity index (χ3v) is 6.03. The van der Waals surface area contributed by atoms with Crippen molar-refractivity contribution in [3.8, 4) is 0 Å². The normalized spacial score (nSPS) is 15.6. The van der Waals surface area contributed by atoms with Gasteiger partial charge in [-0.05, 0) is 46.3 Å². The maximum atomic E-state index is 6.00. The highest BCUT2D eigenvalue weighted by atomic mass is 28.4. The molecule has 0 bridgehead atoms. The Morgan fingerprint density at radius 3 is 2.20 bits per heavy atom. The zero-order chi connectivity index (χ0) is 11.7. The summed E-state index contributed by atoms with van der Waals surface area (Å²) >= 11 is 0. The van der Waals surface area contributed by atoms with Crippen molar-refractivity contribution in [1.82, 2.24) is 0 Å². The van der Waals surface area contributed by atoms with Gasteiger partial charge < -0.3 is 20.3 Å². The predicted octanol–water partition coefficient (Wildman–Crippen LogP) is 1.20. The smallest absolute Gasteiger partial charge is 0.339 e. The average molecular weight is 234 g/mol. The van der Waals surface area contributed by atoms with Gasteiger partial charge in [-0.25, -0.2) is 0 Å². The van der Waals surface area contributed by atoms with Crippen molar-refractivity contribution >= 4 is 8.56 Å². The van der Waals surface area contributed by atoms with Gasteiger partial charge in [-0.1, -0.05) is 0 Å². The van der Waals surface area contributed by atoms with E-state index in [2.05, 4.69) is 0 Å². The molecule has 1 unspecified atom stereocenters. The Balaban J connectivity index is 4.40. The molecule has 0 saturated heterocycles. The van der Waals surface area contributed by atoms with E-state index in [0.29, 0.717) is 19.7 Å². The molecule has 5 heteroatoms. The fraction of sp³-hybridized carbons (Fsp3) is 1.00. The van der Waals surface area contributed by atoms with Crippen LogP contribution in [0.2, 0.25) is 12.1 Å². The molecule has 0 aromatic carbocycles. The molecule has 0 aromatic rings. The zero-order valence-electron chi connectivity index (χ0n) is 10.3. The van der Waals surface area contributed by atoms with Crippen molar-refractivity contribution in [3.05, 3.63) is 0 Å². The van der Waals surface area contributed by atoms with Crippen LogP contribution in [0.15, 0.2) is 0 Å². The molecule has 4 N–H and O–H groups in total. The molecule has 4 nitrogen and oxygen atoms in total. The first kappa shape index (κ1) is 15.1. The van der Waals surface area contributed by atoms with E-state index in [-0.39, 0.29) is 6.10 Å². The molecular weight excluding hydrogens is 208 g/mol. The molecule has 0 aliphatic rings. The standard InChI is InChI=1S/C10H26N2O2Si/c1-4-13-15(9-7-12,8-5-6-11)14-10(2)3/h10H,4-9,11-12H2,1-3H3. The topological polar surface area (TPSA) is 70.5 Å². The Morgan fingerprint density at radius 1 is 1.13 bits per heavy atom. The van der Waals surface area contributed by atoms with E-state index in [1.54, 1.807) is 0 Å². The van der Waals surface area contributed by atoms with Gasteiger partial charge in [-0.3, -0.25) is 0 Å². The Kier molecular flexibility index (Phi) is 8.27. The average Bonchev–Trinajstić information content (AvgIpc) is 2.14. The van der Waals surface area contributed by atoms with Gasteiger partial charge in [0.1, 0.15) is 0 Å². The highest BCUT2D eigenvalue weighted by Crippen LogP contribution is 2.22. The molecule has 0 aliphatic heterocycles. The Morgan fingerprint density at radius 2 is 1.80 bits per heavy atom. The third-order valence-electron chi connectivity index (χ3n) is 2.14. The number of rotatable bonds is 9. The molecule has 15 heavy (non-hydrogen) atoms. The molecule has 1 atom stereocenters. The van der Waals surface area contributed by atoms with Crippen molar-refractivity contribution in [1.29, 1.82) is 0 Å². The van der Waals surface area contributed by atoms with Gasteiger partial charge in [0.15, 0.2) is 0 Å². The van der Waals surface area contributed by atoms with Crippen LogP contribution in [0.1, 0.15) is 27.2 Å². The number of nitrogens with two attached hydrogens (primary N) is 2. The third kappa shape index (κ3) is 6.27. The highest BCUT2D eigenvalue weighted by molar-refractivity contribution is 6.67. The summed E-state index contributed by atoms with van der Waals surface area (Å²) in [5.41, 5.74) is 11.2. The molecule has 92 valence electrons. The summed E-state index contributed by atoms with van der Waals surface area (Å²) in [6.45, 7) is 8.10. The summed E-state index contributed by atoms with van der Waals surface area (Å²) in [5.74, 6) is 0. The Hall–Kier alpha value is 0.0569. The van der Waals surface area contributed by atoms with Crippen LogP contribution in [0.3, 0.4) is 0 Å². The van der Waals surface area contributed by atoms with Crippen LogP contribution in [0, 0.1) is 0 Å². The second kappa shape index (κ2) is 8.24. The Bertz CT molecular complexity index is 150. The number of hydrogen-bond acceptors (Lipinski definition) is 4. The summed E-state index contributed by atoms with van der Waals surface area (Å²) in [4.78, 5) is 0. The monoisotopic (exact) mass is 234 g/mol. The summed E-state index contributed by atoms with van der Waals surface area (Å²) in [5, 5.41) is 0. The largest absolute Gasteiger partial charge is 0.394 e. The molecule has 0 amide bonds. The van der Waals surface area contributed by atoms with Crippen LogP contribution in [-0.2, 0) is 8.85 Å². The lowest BCUT2D eigenvalue weighted by Crippen LogP contribution is -2.46. The lowest BCUT2D eigenvalue weighted by molar-refractivity contribution is 0.136. The van der Waals surface area contributed by atoms with Crippen molar-refractivity contribution < 1.29 is 8.85 Å². The van der Waals surface area contributed by atoms with Crippen LogP contribution >= 0.6 is 0 Å². The SMILES string of the molecule is CCO[Si](CCN)(CCCN)OC(C)C. The van der Waals surface area contributed by atoms with E-state index >= 15 is 0 Å². The first-order valence-electron chi connectivity index (χ1n) is 5.82. The van der Waals surface area contributed by atoms with E-state index < -0.39 is 8.56 Å². The van der Waals surface area contributed by atoms with Crippen molar-refractivity contribution in [3.63, 3.8) is 0 Å². The quantitative estimate of drug-likeness (QED) is 0.588. The molecular formula is C10H26N2O2Si. The summed E-state index contributed by atoms with van der Waals surface area (Å²) < 4.78 is 11.9. The van der Waals surface area contributed by atoms with E-state index in [1.807, 2.05) is 20.8 Å². The molecule has 0 heterocycles. The summed E-state index contributed by atoms with van der Waals surface area (Å²) in [6.07, 6.45) is 1.16. The molecule has 0 aromatic heterocycles. The van der Waals surface area contributed by atoms with Crippen LogP contribution < -0.4 is 11.5 Å². The van der Waals surface area contributed by atoms with E-state index in [0.717, 1.165) is 18.5 Å². The highest BCUT2D eigenvalue weighted by Gasteiger charge is 2.36. The van der Waals surface area contributed by atoms with Crippen LogP contribution in [-0.4, -0.2) is 34.4 Å². The molecule has 0 saturated carbocycles. The van der Waals surface area contributed by atoms with E-state index in [9.17, 15) is 0 Å². The van der Waals surface area contributed by atoms with Crippen LogP contribution in [0.4, 0.5) is 0 Å². The molecule has 0 aliphatic carbocycles. The zero-order valence-corrected chi connectivity index (χ0v) is 11.3. The van der Waals surface area contributed by atoms with Crippen molar-refractivity contribution in [2.24, 2.45) is 11.5 Å². The minimum Gasteiger partial charge on any atom is -0.394 e. The van der Waals surface area contributed by atoms with Crippen molar-refractivity contribution in [2.45, 2.75) is 45.4 Å². The second-order valence-electron chi connectivity index (χ2n) is 3.94. The van der Waals surface area contributed by atoms with Gasteiger partial charge in [0, 0.05) is 18.8 Å². The van der Waals surface area contributed by atoms with Gasteiger partial charge >= 0.3 is 8.56 Å². The molecule has 0 radical (unpaired) electrons. The number of hydrogen-bond donors (Lipinski definition) is 2. The van der Waals surface area contributed by atoms with E-state index in [1.165, 1.54) is 0 Å². The fourth-order valence-electron chi connectivity index (χ4n) is 1.71. The predicted molar refractivity (Wildman–Crippen MR) is 65.9 cm³/mol.